The molecule has 1 heterocycles. The molecule has 5 nitrogen and oxygen atoms in total. The number of aromatic nitrogens is 2. The molecule has 0 bridgehead atoms. The SMILES string of the molecule is CCNc1ncc(Br)c(NCC2(O)CCCC(C)C2)n1. The molecule has 0 aliphatic heterocycles. The average molecular weight is 343 g/mol. The number of nitrogens with one attached hydrogen (secondary N) is 2. The Morgan fingerprint density at radius 2 is 2.30 bits per heavy atom. The summed E-state index contributed by atoms with van der Waals surface area (Å²) in [5.41, 5.74) is -0.625. The summed E-state index contributed by atoms with van der Waals surface area (Å²) in [6.07, 6.45) is 5.73. The number of rotatable bonds is 5. The predicted octanol–water partition coefficient (Wildman–Crippen LogP) is 3.02. The zero-order valence-electron chi connectivity index (χ0n) is 12.1. The summed E-state index contributed by atoms with van der Waals surface area (Å²) in [6.45, 7) is 5.51. The van der Waals surface area contributed by atoms with E-state index in [0.29, 0.717) is 18.4 Å². The highest BCUT2D eigenvalue weighted by Crippen LogP contribution is 2.32. The normalized spacial score (nSPS) is 26.3. The molecular weight excluding hydrogens is 320 g/mol. The quantitative estimate of drug-likeness (QED) is 0.767. The van der Waals surface area contributed by atoms with Crippen LogP contribution in [0.4, 0.5) is 11.8 Å². The Labute approximate surface area is 128 Å². The molecule has 1 aliphatic carbocycles. The fraction of sp³-hybridized carbons (Fsp3) is 0.714. The van der Waals surface area contributed by atoms with Gasteiger partial charge in [0, 0.05) is 19.3 Å². The highest BCUT2D eigenvalue weighted by molar-refractivity contribution is 9.10. The molecule has 0 radical (unpaired) electrons. The van der Waals surface area contributed by atoms with Crippen molar-refractivity contribution in [3.8, 4) is 0 Å². The lowest BCUT2D eigenvalue weighted by Crippen LogP contribution is -2.41. The van der Waals surface area contributed by atoms with Gasteiger partial charge in [-0.15, -0.1) is 0 Å². The third-order valence-electron chi connectivity index (χ3n) is 3.73. The molecule has 2 atom stereocenters. The van der Waals surface area contributed by atoms with E-state index in [-0.39, 0.29) is 0 Å². The van der Waals surface area contributed by atoms with Gasteiger partial charge in [0.15, 0.2) is 0 Å². The lowest BCUT2D eigenvalue weighted by molar-refractivity contribution is -0.000838. The van der Waals surface area contributed by atoms with Gasteiger partial charge in [-0.1, -0.05) is 19.8 Å². The second kappa shape index (κ2) is 6.72. The van der Waals surface area contributed by atoms with Crippen LogP contribution in [0.1, 0.15) is 39.5 Å². The van der Waals surface area contributed by atoms with Crippen molar-refractivity contribution in [3.05, 3.63) is 10.7 Å². The second-order valence-electron chi connectivity index (χ2n) is 5.70. The Morgan fingerprint density at radius 3 is 3.00 bits per heavy atom. The molecule has 1 saturated carbocycles. The molecule has 1 aromatic heterocycles. The molecule has 112 valence electrons. The third kappa shape index (κ3) is 4.06. The van der Waals surface area contributed by atoms with Crippen LogP contribution in [0.5, 0.6) is 0 Å². The van der Waals surface area contributed by atoms with Crippen molar-refractivity contribution in [2.45, 2.75) is 45.1 Å². The van der Waals surface area contributed by atoms with Crippen LogP contribution >= 0.6 is 15.9 Å². The van der Waals surface area contributed by atoms with E-state index < -0.39 is 5.60 Å². The standard InChI is InChI=1S/C14H23BrN4O/c1-3-16-13-17-8-11(15)12(19-13)18-9-14(20)6-4-5-10(2)7-14/h8,10,20H,3-7,9H2,1-2H3,(H2,16,17,18,19). The molecule has 20 heavy (non-hydrogen) atoms. The van der Waals surface area contributed by atoms with Crippen molar-refractivity contribution in [3.63, 3.8) is 0 Å². The zero-order chi connectivity index (χ0) is 14.6. The summed E-state index contributed by atoms with van der Waals surface area (Å²) in [5.74, 6) is 1.91. The van der Waals surface area contributed by atoms with Gasteiger partial charge in [0.05, 0.1) is 10.1 Å². The minimum atomic E-state index is -0.625. The van der Waals surface area contributed by atoms with Crippen LogP contribution in [0.25, 0.3) is 0 Å². The van der Waals surface area contributed by atoms with Gasteiger partial charge in [-0.25, -0.2) is 4.98 Å². The number of hydrogen-bond acceptors (Lipinski definition) is 5. The number of nitrogens with zero attached hydrogens (tertiary/aromatic N) is 2. The van der Waals surface area contributed by atoms with E-state index in [9.17, 15) is 5.11 Å². The summed E-state index contributed by atoms with van der Waals surface area (Å²) >= 11 is 3.44. The number of aliphatic hydroxyl groups is 1. The summed E-state index contributed by atoms with van der Waals surface area (Å²) < 4.78 is 0.812. The Balaban J connectivity index is 2.00. The molecule has 1 fully saturated rings. The van der Waals surface area contributed by atoms with Gasteiger partial charge in [0.25, 0.3) is 0 Å². The summed E-state index contributed by atoms with van der Waals surface area (Å²) in [5, 5.41) is 17.0. The Hall–Kier alpha value is -0.880. The van der Waals surface area contributed by atoms with Gasteiger partial charge in [0.1, 0.15) is 5.82 Å². The van der Waals surface area contributed by atoms with Crippen molar-refractivity contribution in [2.24, 2.45) is 5.92 Å². The number of hydrogen-bond donors (Lipinski definition) is 3. The lowest BCUT2D eigenvalue weighted by Gasteiger charge is -2.35. The van der Waals surface area contributed by atoms with Crippen LogP contribution in [0, 0.1) is 5.92 Å². The summed E-state index contributed by atoms with van der Waals surface area (Å²) in [4.78, 5) is 8.59. The minimum absolute atomic E-state index is 0.526. The van der Waals surface area contributed by atoms with E-state index in [1.54, 1.807) is 6.20 Å². The van der Waals surface area contributed by atoms with Gasteiger partial charge < -0.3 is 15.7 Å². The third-order valence-corrected chi connectivity index (χ3v) is 4.31. The van der Waals surface area contributed by atoms with Gasteiger partial charge in [-0.2, -0.15) is 4.98 Å². The van der Waals surface area contributed by atoms with Gasteiger partial charge in [-0.05, 0) is 41.6 Å². The molecule has 3 N–H and O–H groups in total. The maximum Gasteiger partial charge on any atom is 0.224 e. The topological polar surface area (TPSA) is 70.1 Å². The molecule has 2 rings (SSSR count). The fourth-order valence-electron chi connectivity index (χ4n) is 2.78. The van der Waals surface area contributed by atoms with Crippen LogP contribution in [0.15, 0.2) is 10.7 Å². The average Bonchev–Trinajstić information content (AvgIpc) is 2.39. The molecule has 0 amide bonds. The maximum absolute atomic E-state index is 10.6. The highest BCUT2D eigenvalue weighted by atomic mass is 79.9. The van der Waals surface area contributed by atoms with E-state index in [4.69, 9.17) is 0 Å². The first-order valence-electron chi connectivity index (χ1n) is 7.25. The first-order chi connectivity index (χ1) is 9.52. The predicted molar refractivity (Wildman–Crippen MR) is 85.0 cm³/mol. The van der Waals surface area contributed by atoms with Crippen molar-refractivity contribution in [1.82, 2.24) is 9.97 Å². The van der Waals surface area contributed by atoms with E-state index in [0.717, 1.165) is 36.1 Å². The monoisotopic (exact) mass is 342 g/mol. The van der Waals surface area contributed by atoms with E-state index in [1.165, 1.54) is 6.42 Å². The lowest BCUT2D eigenvalue weighted by atomic mass is 9.79. The van der Waals surface area contributed by atoms with Crippen LogP contribution in [0.3, 0.4) is 0 Å². The molecule has 2 unspecified atom stereocenters. The molecule has 1 aromatic rings. The maximum atomic E-state index is 10.6. The van der Waals surface area contributed by atoms with Crippen LogP contribution in [-0.2, 0) is 0 Å². The van der Waals surface area contributed by atoms with Crippen molar-refractivity contribution in [1.29, 1.82) is 0 Å². The Kier molecular flexibility index (Phi) is 5.21. The van der Waals surface area contributed by atoms with Gasteiger partial charge in [0.2, 0.25) is 5.95 Å². The van der Waals surface area contributed by atoms with E-state index in [1.807, 2.05) is 6.92 Å². The van der Waals surface area contributed by atoms with Crippen LogP contribution in [0.2, 0.25) is 0 Å². The first-order valence-corrected chi connectivity index (χ1v) is 8.04. The first kappa shape index (κ1) is 15.5. The molecular formula is C14H23BrN4O. The summed E-state index contributed by atoms with van der Waals surface area (Å²) in [7, 11) is 0. The molecule has 1 aliphatic rings. The summed E-state index contributed by atoms with van der Waals surface area (Å²) in [6, 6.07) is 0. The molecule has 0 aromatic carbocycles. The van der Waals surface area contributed by atoms with Gasteiger partial charge in [-0.3, -0.25) is 0 Å². The van der Waals surface area contributed by atoms with Gasteiger partial charge >= 0.3 is 0 Å². The molecule has 6 heteroatoms. The van der Waals surface area contributed by atoms with E-state index >= 15 is 0 Å². The van der Waals surface area contributed by atoms with Crippen LogP contribution in [-0.4, -0.2) is 33.8 Å². The van der Waals surface area contributed by atoms with E-state index in [2.05, 4.69) is 43.5 Å². The fourth-order valence-corrected chi connectivity index (χ4v) is 3.11. The van der Waals surface area contributed by atoms with Crippen molar-refractivity contribution in [2.75, 3.05) is 23.7 Å². The Bertz CT molecular complexity index is 457. The number of anilines is 2. The zero-order valence-corrected chi connectivity index (χ0v) is 13.7. The largest absolute Gasteiger partial charge is 0.388 e. The highest BCUT2D eigenvalue weighted by Gasteiger charge is 2.32. The van der Waals surface area contributed by atoms with Crippen LogP contribution < -0.4 is 10.6 Å². The van der Waals surface area contributed by atoms with Crippen molar-refractivity contribution < 1.29 is 5.11 Å². The second-order valence-corrected chi connectivity index (χ2v) is 6.55. The Morgan fingerprint density at radius 1 is 1.50 bits per heavy atom. The molecule has 0 saturated heterocycles. The smallest absolute Gasteiger partial charge is 0.224 e. The molecule has 0 spiro atoms. The minimum Gasteiger partial charge on any atom is -0.388 e. The van der Waals surface area contributed by atoms with Crippen molar-refractivity contribution >= 4 is 27.7 Å². The number of halogens is 1.